The normalized spacial score (nSPS) is 16.5. The first-order valence-corrected chi connectivity index (χ1v) is 34.2. The summed E-state index contributed by atoms with van der Waals surface area (Å²) in [6.45, 7) is 19.7. The van der Waals surface area contributed by atoms with Gasteiger partial charge in [0.05, 0.1) is 34.6 Å². The number of carbonyl (C=O) groups is 1. The smallest absolute Gasteiger partial charge is 0.373 e. The van der Waals surface area contributed by atoms with Crippen LogP contribution in [0.1, 0.15) is 103 Å². The lowest BCUT2D eigenvalue weighted by molar-refractivity contribution is -0.385. The van der Waals surface area contributed by atoms with Gasteiger partial charge in [-0.15, -0.1) is 22.7 Å². The first-order chi connectivity index (χ1) is 41.0. The molecule has 1 amide bonds. The summed E-state index contributed by atoms with van der Waals surface area (Å²) in [5.74, 6) is 0.687. The third-order valence-corrected chi connectivity index (χ3v) is 22.7. The van der Waals surface area contributed by atoms with Crippen molar-refractivity contribution in [3.63, 3.8) is 0 Å². The van der Waals surface area contributed by atoms with E-state index in [1.54, 1.807) is 80.8 Å². The third kappa shape index (κ3) is 24.2. The zero-order valence-corrected chi connectivity index (χ0v) is 53.5. The van der Waals surface area contributed by atoms with E-state index >= 15 is 0 Å². The molecule has 3 N–H and O–H groups in total. The molecular weight excluding hydrogens is 1200 g/mol. The zero-order valence-electron chi connectivity index (χ0n) is 49.2. The quantitative estimate of drug-likeness (QED) is 0.0431. The van der Waals surface area contributed by atoms with Crippen LogP contribution in [0.4, 0.5) is 21.6 Å². The Labute approximate surface area is 508 Å². The number of aromatic nitrogens is 2. The predicted octanol–water partition coefficient (Wildman–Crippen LogP) is 16.6. The molecule has 0 radical (unpaired) electrons. The van der Waals surface area contributed by atoms with Gasteiger partial charge in [-0.05, 0) is 88.1 Å². The summed E-state index contributed by atoms with van der Waals surface area (Å²) in [7, 11) is -10.7. The lowest BCUT2D eigenvalue weighted by Gasteiger charge is -2.33. The number of carbonyl (C=O) groups excluding carboxylic acids is 3. The van der Waals surface area contributed by atoms with Gasteiger partial charge < -0.3 is 19.5 Å². The SMILES string of the molecule is CCCP1(=O)OP(=O)(CCC)OP(=O)(CCC)O1.CCN(CC)CC.Cc1ccc(Cc2cnc(N)s2)cc1.Cc1ccc(Cc2cnc(NC(=O)c3ccc(-c4cccc([N+](=O)[O-])c4)o3)s2)cc1.O=C=O.O=[N+]([O-])c1cccc(-c2ccco2)c1. The molecule has 86 heavy (non-hydrogen) atoms. The third-order valence-electron chi connectivity index (χ3n) is 12.0. The molecule has 4 aromatic heterocycles. The van der Waals surface area contributed by atoms with Crippen LogP contribution in [0.15, 0.2) is 149 Å². The van der Waals surface area contributed by atoms with Crippen LogP contribution in [0.2, 0.25) is 0 Å². The van der Waals surface area contributed by atoms with E-state index in [-0.39, 0.29) is 41.8 Å². The zero-order chi connectivity index (χ0) is 63.3. The van der Waals surface area contributed by atoms with E-state index < -0.39 is 38.5 Å². The maximum atomic E-state index is 12.5. The largest absolute Gasteiger partial charge is 0.464 e. The number of nitro groups is 2. The summed E-state index contributed by atoms with van der Waals surface area (Å²) in [4.78, 5) is 62.2. The van der Waals surface area contributed by atoms with E-state index in [0.717, 1.165) is 17.7 Å². The minimum Gasteiger partial charge on any atom is -0.464 e. The predicted molar refractivity (Wildman–Crippen MR) is 336 cm³/mol. The van der Waals surface area contributed by atoms with Crippen molar-refractivity contribution in [2.45, 2.75) is 87.5 Å². The fraction of sp³-hybridized carbons (Fsp3) is 0.322. The topological polar surface area (TPSA) is 310 Å². The Morgan fingerprint density at radius 2 is 1.06 bits per heavy atom. The molecule has 27 heteroatoms. The summed E-state index contributed by atoms with van der Waals surface area (Å²) >= 11 is 2.96. The van der Waals surface area contributed by atoms with Gasteiger partial charge in [-0.3, -0.25) is 44.0 Å². The Morgan fingerprint density at radius 3 is 1.44 bits per heavy atom. The van der Waals surface area contributed by atoms with Crippen molar-refractivity contribution in [3.05, 3.63) is 198 Å². The number of furan rings is 2. The Bertz CT molecular complexity index is 3480. The molecule has 1 aliphatic rings. The highest BCUT2D eigenvalue weighted by molar-refractivity contribution is 7.80. The number of aryl methyl sites for hydroxylation is 2. The average molecular weight is 1280 g/mol. The number of nitrogens with zero attached hydrogens (tertiary/aromatic N) is 5. The molecule has 0 saturated carbocycles. The number of rotatable bonds is 19. The summed E-state index contributed by atoms with van der Waals surface area (Å²) in [5.41, 5.74) is 11.8. The molecule has 1 saturated heterocycles. The number of benzene rings is 4. The van der Waals surface area contributed by atoms with Crippen LogP contribution < -0.4 is 11.1 Å². The van der Waals surface area contributed by atoms with Crippen molar-refractivity contribution < 1.29 is 59.7 Å². The van der Waals surface area contributed by atoms with Gasteiger partial charge in [0, 0.05) is 70.4 Å². The molecule has 0 atom stereocenters. The van der Waals surface area contributed by atoms with Gasteiger partial charge in [0.15, 0.2) is 16.0 Å². The number of hydrogen-bond acceptors (Lipinski definition) is 21. The first-order valence-electron chi connectivity index (χ1n) is 27.4. The lowest BCUT2D eigenvalue weighted by atomic mass is 10.1. The number of hydrogen-bond donors (Lipinski definition) is 2. The van der Waals surface area contributed by atoms with Crippen LogP contribution in [-0.2, 0) is 49.1 Å². The highest BCUT2D eigenvalue weighted by Gasteiger charge is 2.51. The minimum absolute atomic E-state index is 0.0428. The number of amides is 1. The van der Waals surface area contributed by atoms with Gasteiger partial charge in [-0.2, -0.15) is 9.59 Å². The Hall–Kier alpha value is -7.32. The molecular formula is C59H72N7O15P3S2. The van der Waals surface area contributed by atoms with Gasteiger partial charge in [-0.1, -0.05) is 125 Å². The Balaban J connectivity index is 0.000000244. The fourth-order valence-corrected chi connectivity index (χ4v) is 18.7. The van der Waals surface area contributed by atoms with E-state index in [4.69, 9.17) is 37.1 Å². The van der Waals surface area contributed by atoms with Crippen molar-refractivity contribution in [3.8, 4) is 22.6 Å². The number of nitrogens with one attached hydrogen (secondary N) is 1. The fourth-order valence-electron chi connectivity index (χ4n) is 7.78. The molecule has 22 nitrogen and oxygen atoms in total. The number of nitrogens with two attached hydrogens (primary N) is 1. The van der Waals surface area contributed by atoms with Crippen LogP contribution in [0.3, 0.4) is 0 Å². The van der Waals surface area contributed by atoms with Gasteiger partial charge in [-0.25, -0.2) is 22.9 Å². The highest BCUT2D eigenvalue weighted by atomic mass is 32.1. The molecule has 5 heterocycles. The maximum absolute atomic E-state index is 12.5. The lowest BCUT2D eigenvalue weighted by Crippen LogP contribution is -2.21. The van der Waals surface area contributed by atoms with E-state index in [1.807, 2.05) is 13.1 Å². The van der Waals surface area contributed by atoms with Gasteiger partial charge >= 0.3 is 28.9 Å². The molecule has 1 aliphatic heterocycles. The van der Waals surface area contributed by atoms with E-state index in [9.17, 15) is 38.7 Å². The second kappa shape index (κ2) is 36.0. The summed E-state index contributed by atoms with van der Waals surface area (Å²) in [6, 6.07) is 35.9. The first kappa shape index (κ1) is 71.2. The van der Waals surface area contributed by atoms with Crippen LogP contribution in [0.25, 0.3) is 22.6 Å². The monoisotopic (exact) mass is 1280 g/mol. The molecule has 9 rings (SSSR count). The van der Waals surface area contributed by atoms with Crippen LogP contribution >= 0.6 is 45.5 Å². The maximum Gasteiger partial charge on any atom is 0.373 e. The highest BCUT2D eigenvalue weighted by Crippen LogP contribution is 2.82. The van der Waals surface area contributed by atoms with Crippen molar-refractivity contribution in [1.29, 1.82) is 0 Å². The van der Waals surface area contributed by atoms with Crippen molar-refractivity contribution in [2.75, 3.05) is 49.2 Å². The average Bonchev–Trinajstić information content (AvgIpc) is 1.37. The number of thiazole rings is 2. The molecule has 0 aliphatic carbocycles. The van der Waals surface area contributed by atoms with Crippen molar-refractivity contribution >= 4 is 79.2 Å². The van der Waals surface area contributed by atoms with Gasteiger partial charge in [0.25, 0.3) is 17.3 Å². The van der Waals surface area contributed by atoms with Crippen LogP contribution in [-0.4, -0.2) is 74.9 Å². The number of non-ortho nitro benzene ring substituents is 2. The van der Waals surface area contributed by atoms with E-state index in [2.05, 4.69) is 96.4 Å². The van der Waals surface area contributed by atoms with Crippen LogP contribution in [0.5, 0.6) is 0 Å². The second-order valence-corrected chi connectivity index (χ2v) is 28.0. The Kier molecular flexibility index (Phi) is 29.8. The molecule has 0 unspecified atom stereocenters. The van der Waals surface area contributed by atoms with Crippen molar-refractivity contribution in [2.24, 2.45) is 0 Å². The standard InChI is InChI=1S/C22H17N3O4S.C11H12N2S.C10H7NO3.C9H21O6P3.C6H15N.CO2/c1-14-5-7-15(8-6-14)11-18-13-23-22(30-18)24-21(26)20-10-9-19(29-20)16-3-2-4-17(12-16)25(27)28;1-8-2-4-9(5-3-8)6-10-7-13-11(12)14-10;12-11(13)9-4-1-3-8(7-9)10-5-2-6-14-10;1-4-7-16(10)13-17(11,8-5-2)15-18(12,14-16)9-6-3;1-4-7(5-2)6-3;2-1-3/h2-10,12-13H,11H2,1H3,(H,23,24,26);2-5,7H,6H2,1H3,(H2,12,13);1-7H;4-9H2,1-3H3;4-6H2,1-3H3;. The molecule has 4 aromatic carbocycles. The molecule has 1 fully saturated rings. The van der Waals surface area contributed by atoms with Gasteiger partial charge in [0.1, 0.15) is 11.5 Å². The van der Waals surface area contributed by atoms with Crippen molar-refractivity contribution in [1.82, 2.24) is 14.9 Å². The minimum atomic E-state index is -3.57. The summed E-state index contributed by atoms with van der Waals surface area (Å²) in [5, 5.41) is 25.3. The summed E-state index contributed by atoms with van der Waals surface area (Å²) < 4.78 is 63.0. The van der Waals surface area contributed by atoms with Gasteiger partial charge in [0.2, 0.25) is 0 Å². The number of nitrogen functional groups attached to an aromatic ring is 1. The Morgan fingerprint density at radius 1 is 0.616 bits per heavy atom. The second-order valence-electron chi connectivity index (χ2n) is 18.8. The number of anilines is 2. The van der Waals surface area contributed by atoms with Crippen LogP contribution in [0, 0.1) is 34.1 Å². The summed E-state index contributed by atoms with van der Waals surface area (Å²) in [6.07, 6.45) is 8.99. The molecule has 0 bridgehead atoms. The number of nitro benzene ring substituents is 2. The molecule has 0 spiro atoms. The van der Waals surface area contributed by atoms with E-state index in [0.29, 0.717) is 52.2 Å². The molecule has 8 aromatic rings. The molecule has 460 valence electrons. The van der Waals surface area contributed by atoms with E-state index in [1.165, 1.54) is 94.7 Å².